The van der Waals surface area contributed by atoms with Gasteiger partial charge in [-0.1, -0.05) is 0 Å². The number of sulfonamides is 1. The molecule has 0 aromatic rings. The largest absolute Gasteiger partial charge is 0.396 e. The Morgan fingerprint density at radius 2 is 1.88 bits per heavy atom. The molecule has 0 saturated heterocycles. The SMILES string of the molecule is O=S(=O)(CCCC(F)(F)F)NCC1(CO)CC1. The highest BCUT2D eigenvalue weighted by molar-refractivity contribution is 7.89. The molecule has 8 heteroatoms. The molecule has 1 rings (SSSR count). The van der Waals surface area contributed by atoms with Gasteiger partial charge in [0.25, 0.3) is 0 Å². The number of aliphatic hydroxyl groups excluding tert-OH is 1. The second-order valence-corrected chi connectivity index (χ2v) is 6.44. The van der Waals surface area contributed by atoms with E-state index < -0.39 is 34.8 Å². The zero-order valence-electron chi connectivity index (χ0n) is 9.26. The molecule has 0 bridgehead atoms. The van der Waals surface area contributed by atoms with Gasteiger partial charge in [0.1, 0.15) is 0 Å². The van der Waals surface area contributed by atoms with Crippen LogP contribution in [0.5, 0.6) is 0 Å². The van der Waals surface area contributed by atoms with Gasteiger partial charge in [-0.05, 0) is 19.3 Å². The molecule has 2 N–H and O–H groups in total. The number of halogens is 3. The van der Waals surface area contributed by atoms with Gasteiger partial charge in [0.05, 0.1) is 5.75 Å². The minimum Gasteiger partial charge on any atom is -0.396 e. The van der Waals surface area contributed by atoms with E-state index in [1.807, 2.05) is 0 Å². The molecule has 1 saturated carbocycles. The number of alkyl halides is 3. The van der Waals surface area contributed by atoms with Crippen LogP contribution >= 0.6 is 0 Å². The molecule has 0 heterocycles. The molecule has 0 aromatic carbocycles. The number of nitrogens with one attached hydrogen (secondary N) is 1. The molecular formula is C9H16F3NO3S. The molecule has 17 heavy (non-hydrogen) atoms. The predicted octanol–water partition coefficient (Wildman–Crippen LogP) is 1.02. The molecule has 0 amide bonds. The van der Waals surface area contributed by atoms with E-state index in [1.54, 1.807) is 0 Å². The van der Waals surface area contributed by atoms with Gasteiger partial charge in [-0.15, -0.1) is 0 Å². The summed E-state index contributed by atoms with van der Waals surface area (Å²) in [6.07, 6.45) is -4.37. The van der Waals surface area contributed by atoms with Gasteiger partial charge in [0.2, 0.25) is 10.0 Å². The van der Waals surface area contributed by atoms with E-state index in [9.17, 15) is 21.6 Å². The third kappa shape index (κ3) is 5.69. The van der Waals surface area contributed by atoms with Gasteiger partial charge in [-0.3, -0.25) is 0 Å². The monoisotopic (exact) mass is 275 g/mol. The van der Waals surface area contributed by atoms with Gasteiger partial charge in [-0.2, -0.15) is 13.2 Å². The van der Waals surface area contributed by atoms with E-state index in [1.165, 1.54) is 0 Å². The first-order valence-electron chi connectivity index (χ1n) is 5.33. The Hall–Kier alpha value is -0.340. The first-order valence-corrected chi connectivity index (χ1v) is 6.98. The summed E-state index contributed by atoms with van der Waals surface area (Å²) >= 11 is 0. The Morgan fingerprint density at radius 3 is 2.29 bits per heavy atom. The molecule has 1 aliphatic carbocycles. The van der Waals surface area contributed by atoms with Crippen molar-refractivity contribution in [3.05, 3.63) is 0 Å². The van der Waals surface area contributed by atoms with E-state index in [-0.39, 0.29) is 18.6 Å². The lowest BCUT2D eigenvalue weighted by Gasteiger charge is -2.13. The molecule has 1 aliphatic rings. The van der Waals surface area contributed by atoms with Crippen molar-refractivity contribution in [2.24, 2.45) is 5.41 Å². The van der Waals surface area contributed by atoms with E-state index in [0.717, 1.165) is 12.8 Å². The lowest BCUT2D eigenvalue weighted by atomic mass is 10.1. The second-order valence-electron chi connectivity index (χ2n) is 4.52. The van der Waals surface area contributed by atoms with Crippen molar-refractivity contribution in [2.75, 3.05) is 18.9 Å². The van der Waals surface area contributed by atoms with Crippen LogP contribution in [-0.4, -0.2) is 38.6 Å². The zero-order valence-corrected chi connectivity index (χ0v) is 10.1. The number of hydrogen-bond acceptors (Lipinski definition) is 3. The fraction of sp³-hybridized carbons (Fsp3) is 1.00. The Kier molecular flexibility index (Phi) is 4.43. The molecule has 1 fully saturated rings. The average molecular weight is 275 g/mol. The topological polar surface area (TPSA) is 66.4 Å². The summed E-state index contributed by atoms with van der Waals surface area (Å²) in [5.74, 6) is -0.534. The Balaban J connectivity index is 2.27. The third-order valence-corrected chi connectivity index (χ3v) is 4.24. The van der Waals surface area contributed by atoms with Crippen molar-refractivity contribution in [3.63, 3.8) is 0 Å². The maximum Gasteiger partial charge on any atom is 0.389 e. The van der Waals surface area contributed by atoms with Crippen LogP contribution in [0.2, 0.25) is 0 Å². The zero-order chi connectivity index (χ0) is 13.2. The first-order chi connectivity index (χ1) is 7.68. The van der Waals surface area contributed by atoms with Gasteiger partial charge < -0.3 is 5.11 Å². The van der Waals surface area contributed by atoms with Crippen LogP contribution in [0.15, 0.2) is 0 Å². The fourth-order valence-electron chi connectivity index (χ4n) is 1.37. The Bertz CT molecular complexity index is 349. The summed E-state index contributed by atoms with van der Waals surface area (Å²) < 4.78 is 60.4. The molecule has 0 spiro atoms. The van der Waals surface area contributed by atoms with Crippen LogP contribution in [0.25, 0.3) is 0 Å². The minimum atomic E-state index is -4.32. The van der Waals surface area contributed by atoms with Crippen molar-refractivity contribution >= 4 is 10.0 Å². The molecule has 0 aliphatic heterocycles. The van der Waals surface area contributed by atoms with E-state index in [4.69, 9.17) is 5.11 Å². The maximum absolute atomic E-state index is 11.8. The highest BCUT2D eigenvalue weighted by Gasteiger charge is 2.42. The molecule has 102 valence electrons. The highest BCUT2D eigenvalue weighted by Crippen LogP contribution is 2.44. The third-order valence-electron chi connectivity index (χ3n) is 2.83. The summed E-state index contributed by atoms with van der Waals surface area (Å²) in [4.78, 5) is 0. The number of hydrogen-bond donors (Lipinski definition) is 2. The van der Waals surface area contributed by atoms with Gasteiger partial charge in [0.15, 0.2) is 0 Å². The van der Waals surface area contributed by atoms with Crippen molar-refractivity contribution in [3.8, 4) is 0 Å². The predicted molar refractivity (Wildman–Crippen MR) is 55.8 cm³/mol. The summed E-state index contributed by atoms with van der Waals surface area (Å²) in [6, 6.07) is 0. The smallest absolute Gasteiger partial charge is 0.389 e. The van der Waals surface area contributed by atoms with Crippen LogP contribution in [0.1, 0.15) is 25.7 Å². The second kappa shape index (κ2) is 5.11. The Labute approximate surface area is 98.3 Å². The maximum atomic E-state index is 11.8. The van der Waals surface area contributed by atoms with Crippen molar-refractivity contribution in [1.29, 1.82) is 0 Å². The quantitative estimate of drug-likeness (QED) is 0.729. The standard InChI is InChI=1S/C9H16F3NO3S/c10-9(11,12)2-1-5-17(15,16)13-6-8(7-14)3-4-8/h13-14H,1-7H2. The summed E-state index contributed by atoms with van der Waals surface area (Å²) in [5, 5.41) is 8.95. The summed E-state index contributed by atoms with van der Waals surface area (Å²) in [6.45, 7) is 0.00984. The number of aliphatic hydroxyl groups is 1. The van der Waals surface area contributed by atoms with E-state index in [2.05, 4.69) is 4.72 Å². The molecule has 0 atom stereocenters. The lowest BCUT2D eigenvalue weighted by molar-refractivity contribution is -0.134. The van der Waals surface area contributed by atoms with Crippen LogP contribution in [0.4, 0.5) is 13.2 Å². The highest BCUT2D eigenvalue weighted by atomic mass is 32.2. The van der Waals surface area contributed by atoms with Gasteiger partial charge in [0, 0.05) is 25.0 Å². The average Bonchev–Trinajstić information content (AvgIpc) is 2.93. The van der Waals surface area contributed by atoms with Crippen LogP contribution in [-0.2, 0) is 10.0 Å². The van der Waals surface area contributed by atoms with Gasteiger partial charge in [-0.25, -0.2) is 13.1 Å². The molecular weight excluding hydrogens is 259 g/mol. The fourth-order valence-corrected chi connectivity index (χ4v) is 2.56. The molecule has 0 unspecified atom stereocenters. The van der Waals surface area contributed by atoms with Crippen molar-refractivity contribution < 1.29 is 26.7 Å². The summed E-state index contributed by atoms with van der Waals surface area (Å²) in [7, 11) is -3.67. The first kappa shape index (κ1) is 14.7. The Morgan fingerprint density at radius 1 is 1.29 bits per heavy atom. The van der Waals surface area contributed by atoms with E-state index >= 15 is 0 Å². The van der Waals surface area contributed by atoms with Crippen LogP contribution in [0, 0.1) is 5.41 Å². The molecule has 0 radical (unpaired) electrons. The lowest BCUT2D eigenvalue weighted by Crippen LogP contribution is -2.33. The molecule has 0 aromatic heterocycles. The van der Waals surface area contributed by atoms with Crippen LogP contribution < -0.4 is 4.72 Å². The normalized spacial score (nSPS) is 19.3. The summed E-state index contributed by atoms with van der Waals surface area (Å²) in [5.41, 5.74) is -0.378. The number of rotatable bonds is 7. The molecule has 4 nitrogen and oxygen atoms in total. The van der Waals surface area contributed by atoms with Crippen molar-refractivity contribution in [1.82, 2.24) is 4.72 Å². The minimum absolute atomic E-state index is 0.0991. The van der Waals surface area contributed by atoms with E-state index in [0.29, 0.717) is 0 Å². The van der Waals surface area contributed by atoms with Crippen LogP contribution in [0.3, 0.4) is 0 Å². The van der Waals surface area contributed by atoms with Gasteiger partial charge >= 0.3 is 6.18 Å². The van der Waals surface area contributed by atoms with Crippen molar-refractivity contribution in [2.45, 2.75) is 31.9 Å².